The number of benzene rings is 1. The number of nitrogens with one attached hydrogen (secondary N) is 1. The van der Waals surface area contributed by atoms with Crippen LogP contribution in [0.15, 0.2) is 29.6 Å². The van der Waals surface area contributed by atoms with Gasteiger partial charge in [0.15, 0.2) is 0 Å². The average Bonchev–Trinajstić information content (AvgIpc) is 2.93. The first-order chi connectivity index (χ1) is 9.72. The highest BCUT2D eigenvalue weighted by Crippen LogP contribution is 2.19. The van der Waals surface area contributed by atoms with Crippen LogP contribution >= 0.6 is 11.3 Å². The van der Waals surface area contributed by atoms with Gasteiger partial charge in [-0.2, -0.15) is 0 Å². The molecule has 2 rings (SSSR count). The lowest BCUT2D eigenvalue weighted by Crippen LogP contribution is -2.11. The number of thiazole rings is 1. The summed E-state index contributed by atoms with van der Waals surface area (Å²) in [4.78, 5) is 4.56. The minimum Gasteiger partial charge on any atom is -0.487 e. The van der Waals surface area contributed by atoms with Crippen LogP contribution < -0.4 is 10.1 Å². The molecule has 1 aromatic carbocycles. The molecule has 1 aromatic heterocycles. The normalized spacial score (nSPS) is 12.3. The van der Waals surface area contributed by atoms with E-state index in [0.29, 0.717) is 12.6 Å². The molecule has 20 heavy (non-hydrogen) atoms. The molecule has 0 aliphatic carbocycles. The summed E-state index contributed by atoms with van der Waals surface area (Å²) >= 11 is 1.72. The summed E-state index contributed by atoms with van der Waals surface area (Å²) in [5.41, 5.74) is 2.28. The number of rotatable bonds is 7. The van der Waals surface area contributed by atoms with Gasteiger partial charge in [-0.15, -0.1) is 11.3 Å². The maximum absolute atomic E-state index is 5.78. The van der Waals surface area contributed by atoms with Crippen molar-refractivity contribution in [2.45, 2.75) is 39.3 Å². The molecule has 0 saturated heterocycles. The van der Waals surface area contributed by atoms with Crippen LogP contribution in [0.3, 0.4) is 0 Å². The summed E-state index contributed by atoms with van der Waals surface area (Å²) in [5, 5.41) is 6.51. The molecule has 1 N–H and O–H groups in total. The Morgan fingerprint density at radius 1 is 1.30 bits per heavy atom. The molecule has 0 radical (unpaired) electrons. The zero-order chi connectivity index (χ0) is 14.4. The van der Waals surface area contributed by atoms with Gasteiger partial charge in [0, 0.05) is 11.4 Å². The van der Waals surface area contributed by atoms with E-state index in [1.807, 2.05) is 19.2 Å². The number of hydrogen-bond donors (Lipinski definition) is 1. The van der Waals surface area contributed by atoms with Crippen molar-refractivity contribution in [2.24, 2.45) is 0 Å². The highest BCUT2D eigenvalue weighted by Gasteiger charge is 2.04. The first-order valence-electron chi connectivity index (χ1n) is 7.06. The molecule has 0 bridgehead atoms. The molecular weight excluding hydrogens is 268 g/mol. The van der Waals surface area contributed by atoms with Crippen LogP contribution in [-0.2, 0) is 13.0 Å². The second-order valence-corrected chi connectivity index (χ2v) is 5.79. The molecule has 108 valence electrons. The molecule has 1 atom stereocenters. The van der Waals surface area contributed by atoms with Crippen molar-refractivity contribution in [3.8, 4) is 5.75 Å². The Hall–Kier alpha value is -1.39. The highest BCUT2D eigenvalue weighted by molar-refractivity contribution is 7.09. The topological polar surface area (TPSA) is 34.1 Å². The van der Waals surface area contributed by atoms with Crippen LogP contribution in [0.5, 0.6) is 5.75 Å². The molecule has 0 amide bonds. The Balaban J connectivity index is 1.89. The minimum absolute atomic E-state index is 0.360. The molecule has 1 heterocycles. The quantitative estimate of drug-likeness (QED) is 0.838. The van der Waals surface area contributed by atoms with Crippen molar-refractivity contribution in [1.29, 1.82) is 0 Å². The number of aromatic nitrogens is 1. The number of ether oxygens (including phenoxy) is 1. The van der Waals surface area contributed by atoms with Gasteiger partial charge in [-0.1, -0.05) is 19.1 Å². The number of aryl methyl sites for hydroxylation is 1. The van der Waals surface area contributed by atoms with Crippen molar-refractivity contribution in [3.63, 3.8) is 0 Å². The lowest BCUT2D eigenvalue weighted by atomic mass is 10.1. The second-order valence-electron chi connectivity index (χ2n) is 4.85. The Morgan fingerprint density at radius 2 is 2.05 bits per heavy atom. The molecule has 0 saturated carbocycles. The molecule has 3 nitrogen and oxygen atoms in total. The molecule has 0 spiro atoms. The van der Waals surface area contributed by atoms with E-state index in [9.17, 15) is 0 Å². The third-order valence-corrected chi connectivity index (χ3v) is 4.22. The predicted octanol–water partition coefficient (Wildman–Crippen LogP) is 3.96. The summed E-state index contributed by atoms with van der Waals surface area (Å²) in [6.45, 7) is 4.85. The summed E-state index contributed by atoms with van der Waals surface area (Å²) in [7, 11) is 1.96. The van der Waals surface area contributed by atoms with Crippen LogP contribution in [0, 0.1) is 0 Å². The standard InChI is InChI=1S/C16H22N2OS/c1-4-5-16-18-14(11-20-16)10-19-15-8-6-13(7-9-15)12(2)17-3/h6-9,11-12,17H,4-5,10H2,1-3H3. The largest absolute Gasteiger partial charge is 0.487 e. The van der Waals surface area contributed by atoms with E-state index in [1.165, 1.54) is 10.6 Å². The van der Waals surface area contributed by atoms with E-state index in [0.717, 1.165) is 24.3 Å². The van der Waals surface area contributed by atoms with Crippen LogP contribution in [0.25, 0.3) is 0 Å². The third-order valence-electron chi connectivity index (χ3n) is 3.26. The highest BCUT2D eigenvalue weighted by atomic mass is 32.1. The lowest BCUT2D eigenvalue weighted by Gasteiger charge is -2.11. The van der Waals surface area contributed by atoms with Gasteiger partial charge in [0.25, 0.3) is 0 Å². The van der Waals surface area contributed by atoms with Gasteiger partial charge in [-0.3, -0.25) is 0 Å². The minimum atomic E-state index is 0.360. The van der Waals surface area contributed by atoms with Gasteiger partial charge in [-0.25, -0.2) is 4.98 Å². The third kappa shape index (κ3) is 4.05. The van der Waals surface area contributed by atoms with E-state index in [4.69, 9.17) is 4.74 Å². The van der Waals surface area contributed by atoms with E-state index >= 15 is 0 Å². The van der Waals surface area contributed by atoms with Crippen molar-refractivity contribution < 1.29 is 4.74 Å². The van der Waals surface area contributed by atoms with E-state index in [-0.39, 0.29) is 0 Å². The SMILES string of the molecule is CCCc1nc(COc2ccc(C(C)NC)cc2)cs1. The summed E-state index contributed by atoms with van der Waals surface area (Å²) in [6.07, 6.45) is 2.19. The maximum atomic E-state index is 5.78. The van der Waals surface area contributed by atoms with Crippen LogP contribution in [0.2, 0.25) is 0 Å². The second kappa shape index (κ2) is 7.41. The lowest BCUT2D eigenvalue weighted by molar-refractivity contribution is 0.301. The van der Waals surface area contributed by atoms with Gasteiger partial charge >= 0.3 is 0 Å². The smallest absolute Gasteiger partial charge is 0.131 e. The van der Waals surface area contributed by atoms with Crippen molar-refractivity contribution >= 4 is 11.3 Å². The first kappa shape index (κ1) is 15.0. The Morgan fingerprint density at radius 3 is 2.70 bits per heavy atom. The molecule has 2 aromatic rings. The molecular formula is C16H22N2OS. The zero-order valence-corrected chi connectivity index (χ0v) is 13.2. The molecule has 0 aliphatic rings. The Kier molecular flexibility index (Phi) is 5.56. The van der Waals surface area contributed by atoms with Crippen LogP contribution in [0.4, 0.5) is 0 Å². The molecule has 4 heteroatoms. The Bertz CT molecular complexity index is 522. The van der Waals surface area contributed by atoms with E-state index in [2.05, 4.69) is 41.7 Å². The Labute approximate surface area is 125 Å². The van der Waals surface area contributed by atoms with Crippen LogP contribution in [-0.4, -0.2) is 12.0 Å². The van der Waals surface area contributed by atoms with Gasteiger partial charge in [0.2, 0.25) is 0 Å². The van der Waals surface area contributed by atoms with Crippen molar-refractivity contribution in [3.05, 3.63) is 45.9 Å². The first-order valence-corrected chi connectivity index (χ1v) is 7.94. The number of hydrogen-bond acceptors (Lipinski definition) is 4. The fraction of sp³-hybridized carbons (Fsp3) is 0.438. The summed E-state index contributed by atoms with van der Waals surface area (Å²) < 4.78 is 5.78. The van der Waals surface area contributed by atoms with Crippen molar-refractivity contribution in [2.75, 3.05) is 7.05 Å². The summed E-state index contributed by atoms with van der Waals surface area (Å²) in [6, 6.07) is 8.59. The van der Waals surface area contributed by atoms with Gasteiger partial charge in [0.05, 0.1) is 10.7 Å². The van der Waals surface area contributed by atoms with E-state index in [1.54, 1.807) is 11.3 Å². The van der Waals surface area contributed by atoms with Crippen molar-refractivity contribution in [1.82, 2.24) is 10.3 Å². The number of nitrogens with zero attached hydrogens (tertiary/aromatic N) is 1. The maximum Gasteiger partial charge on any atom is 0.131 e. The predicted molar refractivity (Wildman–Crippen MR) is 84.4 cm³/mol. The molecule has 0 fully saturated rings. The van der Waals surface area contributed by atoms with E-state index < -0.39 is 0 Å². The average molecular weight is 290 g/mol. The summed E-state index contributed by atoms with van der Waals surface area (Å²) in [5.74, 6) is 0.891. The van der Waals surface area contributed by atoms with Gasteiger partial charge in [0.1, 0.15) is 12.4 Å². The van der Waals surface area contributed by atoms with Gasteiger partial charge in [-0.05, 0) is 44.5 Å². The van der Waals surface area contributed by atoms with Crippen LogP contribution in [0.1, 0.15) is 42.6 Å². The monoisotopic (exact) mass is 290 g/mol. The fourth-order valence-electron chi connectivity index (χ4n) is 1.92. The molecule has 1 unspecified atom stereocenters. The zero-order valence-electron chi connectivity index (χ0n) is 12.3. The van der Waals surface area contributed by atoms with Gasteiger partial charge < -0.3 is 10.1 Å². The fourth-order valence-corrected chi connectivity index (χ4v) is 2.81. The molecule has 0 aliphatic heterocycles.